The number of aromatic nitrogens is 4. The highest BCUT2D eigenvalue weighted by atomic mass is 16.5. The molecule has 8 rings (SSSR count). The van der Waals surface area contributed by atoms with Gasteiger partial charge in [0.15, 0.2) is 17.1 Å². The predicted molar refractivity (Wildman–Crippen MR) is 209 cm³/mol. The van der Waals surface area contributed by atoms with E-state index in [-0.39, 0.29) is 52.9 Å². The van der Waals surface area contributed by atoms with Crippen molar-refractivity contribution in [1.29, 1.82) is 0 Å². The number of amides is 4. The van der Waals surface area contributed by atoms with Crippen LogP contribution in [-0.4, -0.2) is 70.5 Å². The number of quaternary nitrogens is 1. The first-order chi connectivity index (χ1) is 27.6. The van der Waals surface area contributed by atoms with Crippen LogP contribution in [0.4, 0.5) is 22.7 Å². The molecule has 2 aliphatic rings. The Kier molecular flexibility index (Phi) is 9.36. The minimum Gasteiger partial charge on any atom is -0.603 e. The number of carbonyl (C=O) groups excluding carboxylic acids is 4. The summed E-state index contributed by atoms with van der Waals surface area (Å²) in [5, 5.41) is 21.7. The van der Waals surface area contributed by atoms with Gasteiger partial charge in [-0.3, -0.25) is 19.2 Å². The zero-order valence-corrected chi connectivity index (χ0v) is 30.8. The fourth-order valence-corrected chi connectivity index (χ4v) is 7.15. The van der Waals surface area contributed by atoms with Crippen LogP contribution in [0.5, 0.6) is 11.5 Å². The fraction of sp³-hybridized carbons (Fsp3) is 0.150. The van der Waals surface area contributed by atoms with Gasteiger partial charge in [-0.1, -0.05) is 0 Å². The van der Waals surface area contributed by atoms with Crippen LogP contribution in [0.25, 0.3) is 11.4 Å². The summed E-state index contributed by atoms with van der Waals surface area (Å²) in [6.07, 6.45) is 0.702. The molecule has 4 heterocycles. The fourth-order valence-electron chi connectivity index (χ4n) is 7.15. The molecule has 2 aliphatic heterocycles. The van der Waals surface area contributed by atoms with Crippen molar-refractivity contribution in [3.05, 3.63) is 136 Å². The second-order valence-corrected chi connectivity index (χ2v) is 13.3. The maximum absolute atomic E-state index is 13.9. The highest BCUT2D eigenvalue weighted by molar-refractivity contribution is 6.10. The maximum atomic E-state index is 13.9. The van der Waals surface area contributed by atoms with Gasteiger partial charge in [0, 0.05) is 47.7 Å². The summed E-state index contributed by atoms with van der Waals surface area (Å²) < 4.78 is 13.3. The third-order valence-corrected chi connectivity index (χ3v) is 10.0. The second kappa shape index (κ2) is 14.6. The molecule has 0 saturated heterocycles. The second-order valence-electron chi connectivity index (χ2n) is 13.3. The number of nitrogens with zero attached hydrogens (tertiary/aromatic N) is 6. The van der Waals surface area contributed by atoms with E-state index in [9.17, 15) is 24.4 Å². The first-order valence-electron chi connectivity index (χ1n) is 17.8. The van der Waals surface area contributed by atoms with Crippen molar-refractivity contribution in [3.8, 4) is 22.9 Å². The van der Waals surface area contributed by atoms with Gasteiger partial charge in [0.2, 0.25) is 0 Å². The average Bonchev–Trinajstić information content (AvgIpc) is 3.83. The number of hydrogen-bond acceptors (Lipinski definition) is 10. The highest BCUT2D eigenvalue weighted by Gasteiger charge is 2.36. The summed E-state index contributed by atoms with van der Waals surface area (Å²) in [6, 6.07) is 27.3. The minimum atomic E-state index is -0.725. The molecular formula is C40H36N10O7. The van der Waals surface area contributed by atoms with Crippen LogP contribution in [0.1, 0.15) is 53.1 Å². The number of ether oxygens (including phenoxy) is 2. The van der Waals surface area contributed by atoms with Crippen LogP contribution in [0.3, 0.4) is 0 Å². The number of nitrogens with one attached hydrogen (secondary N) is 2. The topological polar surface area (TPSA) is 220 Å². The molecule has 0 saturated carbocycles. The number of benzene rings is 4. The van der Waals surface area contributed by atoms with E-state index in [1.807, 2.05) is 0 Å². The van der Waals surface area contributed by atoms with Gasteiger partial charge in [-0.2, -0.15) is 10.2 Å². The monoisotopic (exact) mass is 768 g/mol. The Bertz CT molecular complexity index is 2530. The number of carbonyl (C=O) groups is 4. The number of nitrogens with two attached hydrogens (primary N) is 2. The molecule has 6 aromatic rings. The largest absolute Gasteiger partial charge is 0.603 e. The maximum Gasteiger partial charge on any atom is 0.277 e. The van der Waals surface area contributed by atoms with Crippen LogP contribution in [0, 0.1) is 5.21 Å². The molecule has 2 aromatic heterocycles. The lowest BCUT2D eigenvalue weighted by Gasteiger charge is -2.29. The summed E-state index contributed by atoms with van der Waals surface area (Å²) in [5.74, 6) is -0.926. The van der Waals surface area contributed by atoms with Crippen molar-refractivity contribution >= 4 is 46.4 Å². The molecule has 57 heavy (non-hydrogen) atoms. The smallest absolute Gasteiger partial charge is 0.277 e. The zero-order chi connectivity index (χ0) is 40.0. The molecule has 0 radical (unpaired) electrons. The Morgan fingerprint density at radius 2 is 1.02 bits per heavy atom. The lowest BCUT2D eigenvalue weighted by Crippen LogP contribution is -3.05. The zero-order valence-electron chi connectivity index (χ0n) is 30.8. The standard InChI is InChI=1S/C40H36N10O7/c1-56-29-15-11-26(12-16-29)48-35-31(33(44-48)37(41)51)19-21-46(39(35)53)24-5-3-23(4-6-24)43-50(55)28-9-7-25(8-10-28)47-22-20-32-34(38(42)52)45-49(36(32)40(47)54)27-13-17-30(57-2)18-14-27/h3-18,43,50H,19-22H2,1-2H3,(H2,41,51)(H2,42,52). The summed E-state index contributed by atoms with van der Waals surface area (Å²) in [7, 11) is 3.10. The van der Waals surface area contributed by atoms with Gasteiger partial charge >= 0.3 is 0 Å². The van der Waals surface area contributed by atoms with Crippen molar-refractivity contribution in [2.75, 3.05) is 42.5 Å². The van der Waals surface area contributed by atoms with Crippen molar-refractivity contribution in [2.24, 2.45) is 11.5 Å². The molecule has 6 N–H and O–H groups in total. The van der Waals surface area contributed by atoms with Gasteiger partial charge < -0.3 is 35.9 Å². The number of hydrogen-bond donors (Lipinski definition) is 4. The lowest BCUT2D eigenvalue weighted by atomic mass is 10.0. The summed E-state index contributed by atoms with van der Waals surface area (Å²) in [4.78, 5) is 55.6. The van der Waals surface area contributed by atoms with Crippen LogP contribution in [0.2, 0.25) is 0 Å². The lowest BCUT2D eigenvalue weighted by molar-refractivity contribution is -0.749. The number of methoxy groups -OCH3 is 2. The molecule has 1 unspecified atom stereocenters. The van der Waals surface area contributed by atoms with E-state index in [1.165, 1.54) is 9.36 Å². The highest BCUT2D eigenvalue weighted by Crippen LogP contribution is 2.32. The number of anilines is 3. The van der Waals surface area contributed by atoms with Gasteiger partial charge in [0.05, 0.1) is 31.3 Å². The SMILES string of the molecule is COc1ccc(-n2nc(C(N)=O)c3c2C(=O)N(c2ccc(N[NH+]([O-])c4ccc(N5CCc6c(C(N)=O)nn(-c7ccc(OC)cc7)c6C5=O)cc4)cc2)CC3)cc1. The number of primary amides is 2. The molecule has 17 heteroatoms. The first-order valence-corrected chi connectivity index (χ1v) is 17.8. The number of rotatable bonds is 11. The first kappa shape index (κ1) is 36.5. The molecule has 4 aromatic carbocycles. The van der Waals surface area contributed by atoms with Crippen LogP contribution < -0.4 is 41.3 Å². The van der Waals surface area contributed by atoms with Gasteiger partial charge in [0.1, 0.15) is 22.9 Å². The summed E-state index contributed by atoms with van der Waals surface area (Å²) >= 11 is 0. The summed E-state index contributed by atoms with van der Waals surface area (Å²) in [6.45, 7) is 0.560. The Morgan fingerprint density at radius 3 is 1.40 bits per heavy atom. The van der Waals surface area contributed by atoms with Gasteiger partial charge in [0.25, 0.3) is 23.6 Å². The van der Waals surface area contributed by atoms with Gasteiger partial charge in [-0.25, -0.2) is 20.0 Å². The Labute approximate surface area is 325 Å². The summed E-state index contributed by atoms with van der Waals surface area (Å²) in [5.41, 5.74) is 18.8. The van der Waals surface area contributed by atoms with Crippen LogP contribution >= 0.6 is 0 Å². The van der Waals surface area contributed by atoms with E-state index in [0.717, 1.165) is 0 Å². The molecule has 17 nitrogen and oxygen atoms in total. The predicted octanol–water partition coefficient (Wildman–Crippen LogP) is 2.72. The van der Waals surface area contributed by atoms with Crippen molar-refractivity contribution in [2.45, 2.75) is 12.8 Å². The van der Waals surface area contributed by atoms with Crippen molar-refractivity contribution in [1.82, 2.24) is 19.6 Å². The quantitative estimate of drug-likeness (QED) is 0.141. The normalized spacial score (nSPS) is 14.2. The Hall–Kier alpha value is -7.50. The molecule has 0 bridgehead atoms. The Morgan fingerprint density at radius 1 is 0.632 bits per heavy atom. The van der Waals surface area contributed by atoms with Gasteiger partial charge in [-0.15, -0.1) is 0 Å². The van der Waals surface area contributed by atoms with E-state index < -0.39 is 11.8 Å². The van der Waals surface area contributed by atoms with Crippen molar-refractivity contribution < 1.29 is 33.8 Å². The van der Waals surface area contributed by atoms with E-state index in [1.54, 1.807) is 121 Å². The molecule has 0 aliphatic carbocycles. The van der Waals surface area contributed by atoms with E-state index >= 15 is 0 Å². The van der Waals surface area contributed by atoms with Crippen LogP contribution in [-0.2, 0) is 12.8 Å². The molecule has 288 valence electrons. The van der Waals surface area contributed by atoms with E-state index in [0.29, 0.717) is 69.6 Å². The third kappa shape index (κ3) is 6.55. The van der Waals surface area contributed by atoms with E-state index in [2.05, 4.69) is 15.6 Å². The molecule has 1 atom stereocenters. The molecule has 0 spiro atoms. The average molecular weight is 769 g/mol. The van der Waals surface area contributed by atoms with Crippen molar-refractivity contribution in [3.63, 3.8) is 0 Å². The van der Waals surface area contributed by atoms with Crippen LogP contribution in [0.15, 0.2) is 97.1 Å². The third-order valence-electron chi connectivity index (χ3n) is 10.0. The minimum absolute atomic E-state index is 0.0431. The Balaban J connectivity index is 0.969. The number of fused-ring (bicyclic) bond motifs is 2. The molecule has 4 amide bonds. The van der Waals surface area contributed by atoms with E-state index in [4.69, 9.17) is 20.9 Å². The molecular weight excluding hydrogens is 733 g/mol. The van der Waals surface area contributed by atoms with Gasteiger partial charge in [-0.05, 0) is 97.8 Å². The molecule has 0 fully saturated rings.